The number of aryl methyl sites for hydroxylation is 2. The van der Waals surface area contributed by atoms with Crippen molar-refractivity contribution < 1.29 is 9.90 Å². The zero-order valence-electron chi connectivity index (χ0n) is 11.0. The van der Waals surface area contributed by atoms with E-state index < -0.39 is 5.97 Å². The molecule has 1 N–H and O–H groups in total. The Morgan fingerprint density at radius 1 is 1.29 bits per heavy atom. The van der Waals surface area contributed by atoms with E-state index in [1.807, 2.05) is 35.7 Å². The maximum absolute atomic E-state index is 11.3. The van der Waals surface area contributed by atoms with E-state index in [0.29, 0.717) is 18.7 Å². The zero-order valence-corrected chi connectivity index (χ0v) is 11.8. The van der Waals surface area contributed by atoms with Crippen LogP contribution in [0.4, 0.5) is 0 Å². The minimum atomic E-state index is -1.07. The molecule has 0 saturated heterocycles. The van der Waals surface area contributed by atoms with E-state index in [4.69, 9.17) is 0 Å². The monoisotopic (exact) mass is 300 g/mol. The molecule has 3 rings (SSSR count). The molecule has 0 amide bonds. The summed E-state index contributed by atoms with van der Waals surface area (Å²) < 4.78 is 1.63. The fourth-order valence-corrected chi connectivity index (χ4v) is 2.81. The summed E-state index contributed by atoms with van der Waals surface area (Å²) in [7, 11) is 0. The third-order valence-corrected chi connectivity index (χ3v) is 3.87. The average Bonchev–Trinajstić information content (AvgIpc) is 3.15. The second-order valence-electron chi connectivity index (χ2n) is 4.36. The molecule has 0 aliphatic rings. The second-order valence-corrected chi connectivity index (χ2v) is 5.31. The van der Waals surface area contributed by atoms with Crippen LogP contribution in [0.1, 0.15) is 16.2 Å². The first kappa shape index (κ1) is 13.4. The molecule has 0 unspecified atom stereocenters. The topological polar surface area (TPSA) is 80.9 Å². The molecular formula is C14H12N4O2S. The van der Waals surface area contributed by atoms with Crippen molar-refractivity contribution in [2.75, 3.05) is 0 Å². The summed E-state index contributed by atoms with van der Waals surface area (Å²) in [6.07, 6.45) is 2.40. The van der Waals surface area contributed by atoms with Crippen molar-refractivity contribution in [3.05, 3.63) is 53.3 Å². The Labute approximate surface area is 124 Å². The third-order valence-electron chi connectivity index (χ3n) is 3.00. The lowest BCUT2D eigenvalue weighted by Crippen LogP contribution is -2.07. The van der Waals surface area contributed by atoms with Crippen molar-refractivity contribution in [3.8, 4) is 10.6 Å². The number of hydrogen-bond donors (Lipinski definition) is 1. The molecule has 3 heterocycles. The van der Waals surface area contributed by atoms with Gasteiger partial charge in [0, 0.05) is 24.9 Å². The lowest BCUT2D eigenvalue weighted by Gasteiger charge is -2.05. The van der Waals surface area contributed by atoms with Gasteiger partial charge in [-0.1, -0.05) is 17.3 Å². The fraction of sp³-hybridized carbons (Fsp3) is 0.143. The molecule has 106 valence electrons. The van der Waals surface area contributed by atoms with Crippen molar-refractivity contribution in [1.82, 2.24) is 20.0 Å². The highest BCUT2D eigenvalue weighted by Gasteiger charge is 2.21. The van der Waals surface area contributed by atoms with Gasteiger partial charge in [0.2, 0.25) is 0 Å². The standard InChI is InChI=1S/C14H12N4O2S/c19-14(20)12-13(11-5-3-9-21-11)18(17-16-12)8-6-10-4-1-2-7-15-10/h1-5,7,9H,6,8H2,(H,19,20). The van der Waals surface area contributed by atoms with E-state index >= 15 is 0 Å². The third kappa shape index (κ3) is 2.82. The Morgan fingerprint density at radius 3 is 2.86 bits per heavy atom. The highest BCUT2D eigenvalue weighted by atomic mass is 32.1. The summed E-state index contributed by atoms with van der Waals surface area (Å²) in [5.41, 5.74) is 1.47. The zero-order chi connectivity index (χ0) is 14.7. The van der Waals surface area contributed by atoms with Gasteiger partial charge in [-0.2, -0.15) is 0 Å². The lowest BCUT2D eigenvalue weighted by atomic mass is 10.2. The predicted molar refractivity (Wildman–Crippen MR) is 78.2 cm³/mol. The molecule has 3 aromatic heterocycles. The number of aromatic carboxylic acids is 1. The van der Waals surface area contributed by atoms with Gasteiger partial charge in [-0.15, -0.1) is 16.4 Å². The average molecular weight is 300 g/mol. The highest BCUT2D eigenvalue weighted by Crippen LogP contribution is 2.27. The Morgan fingerprint density at radius 2 is 2.19 bits per heavy atom. The van der Waals surface area contributed by atoms with E-state index in [2.05, 4.69) is 15.3 Å². The van der Waals surface area contributed by atoms with Crippen LogP contribution in [0.2, 0.25) is 0 Å². The molecule has 0 radical (unpaired) electrons. The maximum atomic E-state index is 11.3. The Hall–Kier alpha value is -2.54. The summed E-state index contributed by atoms with van der Waals surface area (Å²) >= 11 is 1.47. The van der Waals surface area contributed by atoms with Gasteiger partial charge in [-0.05, 0) is 23.6 Å². The Kier molecular flexibility index (Phi) is 3.74. The van der Waals surface area contributed by atoms with Crippen LogP contribution in [-0.2, 0) is 13.0 Å². The van der Waals surface area contributed by atoms with Crippen LogP contribution in [-0.4, -0.2) is 31.1 Å². The van der Waals surface area contributed by atoms with Gasteiger partial charge in [0.15, 0.2) is 5.69 Å². The molecule has 0 aliphatic carbocycles. The normalized spacial score (nSPS) is 10.7. The SMILES string of the molecule is O=C(O)c1nnn(CCc2ccccn2)c1-c1cccs1. The quantitative estimate of drug-likeness (QED) is 0.782. The van der Waals surface area contributed by atoms with Gasteiger partial charge in [-0.3, -0.25) is 4.98 Å². The summed E-state index contributed by atoms with van der Waals surface area (Å²) in [4.78, 5) is 16.4. The van der Waals surface area contributed by atoms with Gasteiger partial charge in [0.1, 0.15) is 5.69 Å². The van der Waals surface area contributed by atoms with Gasteiger partial charge >= 0.3 is 5.97 Å². The molecule has 21 heavy (non-hydrogen) atoms. The molecule has 7 heteroatoms. The number of hydrogen-bond acceptors (Lipinski definition) is 5. The largest absolute Gasteiger partial charge is 0.476 e. The van der Waals surface area contributed by atoms with Crippen LogP contribution in [0.5, 0.6) is 0 Å². The van der Waals surface area contributed by atoms with Crippen LogP contribution in [0.3, 0.4) is 0 Å². The number of thiophene rings is 1. The maximum Gasteiger partial charge on any atom is 0.358 e. The highest BCUT2D eigenvalue weighted by molar-refractivity contribution is 7.13. The first-order valence-electron chi connectivity index (χ1n) is 6.36. The predicted octanol–water partition coefficient (Wildman–Crippen LogP) is 2.34. The van der Waals surface area contributed by atoms with Crippen LogP contribution >= 0.6 is 11.3 Å². The fourth-order valence-electron chi connectivity index (χ4n) is 2.04. The number of pyridine rings is 1. The van der Waals surface area contributed by atoms with Crippen LogP contribution in [0, 0.1) is 0 Å². The lowest BCUT2D eigenvalue weighted by molar-refractivity contribution is 0.0691. The molecule has 3 aromatic rings. The van der Waals surface area contributed by atoms with Crippen LogP contribution in [0.15, 0.2) is 41.9 Å². The van der Waals surface area contributed by atoms with Crippen molar-refractivity contribution >= 4 is 17.3 Å². The van der Waals surface area contributed by atoms with Crippen molar-refractivity contribution in [2.24, 2.45) is 0 Å². The number of carboxylic acid groups (broad SMARTS) is 1. The Balaban J connectivity index is 1.90. The molecule has 0 atom stereocenters. The molecule has 0 spiro atoms. The number of carboxylic acids is 1. The van der Waals surface area contributed by atoms with E-state index in [1.54, 1.807) is 10.9 Å². The van der Waals surface area contributed by atoms with Crippen LogP contribution < -0.4 is 0 Å². The first-order valence-corrected chi connectivity index (χ1v) is 7.24. The summed E-state index contributed by atoms with van der Waals surface area (Å²) in [6, 6.07) is 9.46. The van der Waals surface area contributed by atoms with E-state index in [-0.39, 0.29) is 5.69 Å². The van der Waals surface area contributed by atoms with Gasteiger partial charge < -0.3 is 5.11 Å². The van der Waals surface area contributed by atoms with E-state index in [0.717, 1.165) is 10.6 Å². The summed E-state index contributed by atoms with van der Waals surface area (Å²) in [6.45, 7) is 0.532. The molecule has 0 aromatic carbocycles. The summed E-state index contributed by atoms with van der Waals surface area (Å²) in [5.74, 6) is -1.07. The molecule has 0 saturated carbocycles. The van der Waals surface area contributed by atoms with Crippen molar-refractivity contribution in [1.29, 1.82) is 0 Å². The van der Waals surface area contributed by atoms with E-state index in [9.17, 15) is 9.90 Å². The number of nitrogens with zero attached hydrogens (tertiary/aromatic N) is 4. The minimum Gasteiger partial charge on any atom is -0.476 e. The first-order chi connectivity index (χ1) is 10.3. The van der Waals surface area contributed by atoms with E-state index in [1.165, 1.54) is 11.3 Å². The smallest absolute Gasteiger partial charge is 0.358 e. The van der Waals surface area contributed by atoms with Gasteiger partial charge in [-0.25, -0.2) is 9.48 Å². The molecular weight excluding hydrogens is 288 g/mol. The van der Waals surface area contributed by atoms with Crippen molar-refractivity contribution in [2.45, 2.75) is 13.0 Å². The molecule has 0 fully saturated rings. The molecule has 0 bridgehead atoms. The number of rotatable bonds is 5. The number of carbonyl (C=O) groups is 1. The van der Waals surface area contributed by atoms with Crippen LogP contribution in [0.25, 0.3) is 10.6 Å². The molecule has 0 aliphatic heterocycles. The number of aromatic nitrogens is 4. The summed E-state index contributed by atoms with van der Waals surface area (Å²) in [5, 5.41) is 18.9. The van der Waals surface area contributed by atoms with Gasteiger partial charge in [0.05, 0.1) is 4.88 Å². The minimum absolute atomic E-state index is 0.0153. The van der Waals surface area contributed by atoms with Crippen molar-refractivity contribution in [3.63, 3.8) is 0 Å². The van der Waals surface area contributed by atoms with Gasteiger partial charge in [0.25, 0.3) is 0 Å². The molecule has 6 nitrogen and oxygen atoms in total. The second kappa shape index (κ2) is 5.84. The Bertz CT molecular complexity index is 738.